The third-order valence-corrected chi connectivity index (χ3v) is 8.68. The second kappa shape index (κ2) is 15.3. The Morgan fingerprint density at radius 1 is 0.981 bits per heavy atom. The number of nitrogens with zero attached hydrogens (tertiary/aromatic N) is 3. The molecule has 54 heavy (non-hydrogen) atoms. The van der Waals surface area contributed by atoms with Gasteiger partial charge >= 0.3 is 18.2 Å². The van der Waals surface area contributed by atoms with Crippen LogP contribution in [0.1, 0.15) is 91.2 Å². The third-order valence-electron chi connectivity index (χ3n) is 8.68. The summed E-state index contributed by atoms with van der Waals surface area (Å²) in [7, 11) is 0. The average Bonchev–Trinajstić information content (AvgIpc) is 3.41. The number of amides is 3. The van der Waals surface area contributed by atoms with Crippen LogP contribution in [0.4, 0.5) is 34.1 Å². The van der Waals surface area contributed by atoms with Crippen LogP contribution in [0.3, 0.4) is 0 Å². The molecule has 1 aromatic heterocycles. The SMILES string of the molecule is CC(=O)OC1CCc2c1ncc(NC(=O)C1C=CC(F)(NC(=O)OC(C)(C)C)C(c3c(F)cccc3F)=N1)c2N1C[C@H](C)C[C@H](NC(=O)OC(C)(C)C)C1. The van der Waals surface area contributed by atoms with E-state index in [9.17, 15) is 19.2 Å². The molecule has 3 aliphatic rings. The smallest absolute Gasteiger partial charge is 0.410 e. The highest BCUT2D eigenvalue weighted by molar-refractivity contribution is 6.12. The first-order valence-electron chi connectivity index (χ1n) is 17.8. The molecule has 3 N–H and O–H groups in total. The largest absolute Gasteiger partial charge is 0.456 e. The standard InChI is InChI=1S/C38H47F3N6O7/c1-20-16-22(43-34(50)53-36(3,4)5)19-47(18-20)31-23-12-13-28(52-21(2)48)30(23)42-17-27(31)45-33(49)26-14-15-38(41,46-35(51)54-37(6,7)8)32(44-26)29-24(39)10-9-11-25(29)40/h9-11,14-15,17,20,22,26,28H,12-13,16,18-19H2,1-8H3,(H,43,50)(H,45,49)(H,46,51)/t20-,22+,26?,28?,38?/m1/s1. The summed E-state index contributed by atoms with van der Waals surface area (Å²) in [6.45, 7) is 14.2. The zero-order valence-electron chi connectivity index (χ0n) is 31.6. The zero-order chi connectivity index (χ0) is 39.7. The van der Waals surface area contributed by atoms with Gasteiger partial charge in [0.05, 0.1) is 28.8 Å². The van der Waals surface area contributed by atoms with Gasteiger partial charge in [-0.25, -0.2) is 22.8 Å². The number of alkyl carbamates (subject to hydrolysis) is 2. The molecule has 0 spiro atoms. The number of piperidine rings is 1. The number of hydrogen-bond acceptors (Lipinski definition) is 10. The van der Waals surface area contributed by atoms with Gasteiger partial charge in [-0.3, -0.25) is 24.9 Å². The molecule has 0 radical (unpaired) electrons. The van der Waals surface area contributed by atoms with Crippen LogP contribution in [-0.2, 0) is 30.2 Å². The highest BCUT2D eigenvalue weighted by Crippen LogP contribution is 2.43. The number of anilines is 2. The number of dihydropyridines is 1. The summed E-state index contributed by atoms with van der Waals surface area (Å²) in [5.41, 5.74) is -1.41. The lowest BCUT2D eigenvalue weighted by atomic mass is 9.94. The van der Waals surface area contributed by atoms with Crippen molar-refractivity contribution < 1.29 is 46.6 Å². The van der Waals surface area contributed by atoms with E-state index < -0.39 is 76.1 Å². The molecule has 3 amide bonds. The number of benzene rings is 1. The molecule has 2 aliphatic heterocycles. The van der Waals surface area contributed by atoms with Crippen molar-refractivity contribution in [1.29, 1.82) is 0 Å². The van der Waals surface area contributed by atoms with Crippen LogP contribution in [0.25, 0.3) is 0 Å². The Balaban J connectivity index is 1.50. The molecule has 5 rings (SSSR count). The van der Waals surface area contributed by atoms with E-state index in [0.29, 0.717) is 43.7 Å². The van der Waals surface area contributed by atoms with E-state index in [1.807, 2.05) is 17.1 Å². The van der Waals surface area contributed by atoms with Gasteiger partial charge in [-0.15, -0.1) is 0 Å². The molecule has 1 fully saturated rings. The van der Waals surface area contributed by atoms with Crippen LogP contribution in [-0.4, -0.2) is 76.9 Å². The summed E-state index contributed by atoms with van der Waals surface area (Å²) in [6.07, 6.45) is 2.42. The zero-order valence-corrected chi connectivity index (χ0v) is 31.6. The first kappa shape index (κ1) is 40.0. The van der Waals surface area contributed by atoms with E-state index in [2.05, 4.69) is 20.6 Å². The minimum absolute atomic E-state index is 0.0796. The maximum Gasteiger partial charge on any atom is 0.410 e. The number of hydrogen-bond donors (Lipinski definition) is 3. The van der Waals surface area contributed by atoms with Crippen LogP contribution in [0, 0.1) is 17.6 Å². The number of aromatic nitrogens is 1. The molecule has 1 aromatic carbocycles. The predicted octanol–water partition coefficient (Wildman–Crippen LogP) is 6.21. The lowest BCUT2D eigenvalue weighted by molar-refractivity contribution is -0.146. The number of aliphatic imine (C=N–C) groups is 1. The average molecular weight is 757 g/mol. The number of carbonyl (C=O) groups excluding carboxylic acids is 4. The first-order chi connectivity index (χ1) is 25.1. The fraction of sp³-hybridized carbons (Fsp3) is 0.526. The van der Waals surface area contributed by atoms with Crippen molar-refractivity contribution in [2.24, 2.45) is 10.9 Å². The third kappa shape index (κ3) is 9.49. The molecule has 3 heterocycles. The van der Waals surface area contributed by atoms with Crippen molar-refractivity contribution >= 4 is 41.1 Å². The van der Waals surface area contributed by atoms with E-state index in [4.69, 9.17) is 14.2 Å². The van der Waals surface area contributed by atoms with Gasteiger partial charge in [0.25, 0.3) is 5.91 Å². The van der Waals surface area contributed by atoms with Gasteiger partial charge in [0.2, 0.25) is 5.79 Å². The van der Waals surface area contributed by atoms with Crippen LogP contribution in [0.15, 0.2) is 41.5 Å². The van der Waals surface area contributed by atoms with Gasteiger partial charge in [0, 0.05) is 31.6 Å². The Kier molecular flexibility index (Phi) is 11.3. The monoisotopic (exact) mass is 756 g/mol. The number of pyridine rings is 1. The molecular weight excluding hydrogens is 709 g/mol. The summed E-state index contributed by atoms with van der Waals surface area (Å²) in [4.78, 5) is 62.1. The van der Waals surface area contributed by atoms with Crippen molar-refractivity contribution in [3.63, 3.8) is 0 Å². The molecule has 2 aromatic rings. The van der Waals surface area contributed by atoms with Crippen LogP contribution in [0.5, 0.6) is 0 Å². The lowest BCUT2D eigenvalue weighted by Gasteiger charge is -2.40. The van der Waals surface area contributed by atoms with Gasteiger partial charge in [0.15, 0.2) is 0 Å². The Bertz CT molecular complexity index is 1850. The van der Waals surface area contributed by atoms with Gasteiger partial charge in [0.1, 0.15) is 40.7 Å². The Morgan fingerprint density at radius 3 is 2.26 bits per heavy atom. The minimum Gasteiger partial charge on any atom is -0.456 e. The number of nitrogens with one attached hydrogen (secondary N) is 3. The molecule has 1 aliphatic carbocycles. The summed E-state index contributed by atoms with van der Waals surface area (Å²) >= 11 is 0. The Labute approximate surface area is 312 Å². The molecule has 3 unspecified atom stereocenters. The molecule has 5 atom stereocenters. The quantitative estimate of drug-likeness (QED) is 0.129. The van der Waals surface area contributed by atoms with E-state index in [1.54, 1.807) is 41.5 Å². The normalized spacial score (nSPS) is 23.8. The van der Waals surface area contributed by atoms with Crippen molar-refractivity contribution in [2.75, 3.05) is 23.3 Å². The predicted molar refractivity (Wildman–Crippen MR) is 194 cm³/mol. The van der Waals surface area contributed by atoms with Crippen molar-refractivity contribution in [1.82, 2.24) is 15.6 Å². The molecule has 292 valence electrons. The fourth-order valence-electron chi connectivity index (χ4n) is 6.83. The summed E-state index contributed by atoms with van der Waals surface area (Å²) < 4.78 is 63.1. The number of fused-ring (bicyclic) bond motifs is 1. The number of halogens is 3. The number of alkyl halides is 1. The van der Waals surface area contributed by atoms with Crippen LogP contribution >= 0.6 is 0 Å². The summed E-state index contributed by atoms with van der Waals surface area (Å²) in [5, 5.41) is 7.76. The number of esters is 1. The molecular formula is C38H47F3N6O7. The van der Waals surface area contributed by atoms with Gasteiger partial charge < -0.3 is 29.7 Å². The first-order valence-corrected chi connectivity index (χ1v) is 17.8. The van der Waals surface area contributed by atoms with E-state index >= 15 is 13.2 Å². The highest BCUT2D eigenvalue weighted by Gasteiger charge is 2.44. The number of rotatable bonds is 7. The highest BCUT2D eigenvalue weighted by atomic mass is 19.2. The fourth-order valence-corrected chi connectivity index (χ4v) is 6.83. The van der Waals surface area contributed by atoms with Crippen LogP contribution in [0.2, 0.25) is 0 Å². The van der Waals surface area contributed by atoms with E-state index in [0.717, 1.165) is 35.9 Å². The van der Waals surface area contributed by atoms with Crippen molar-refractivity contribution in [3.05, 3.63) is 65.0 Å². The molecule has 0 bridgehead atoms. The van der Waals surface area contributed by atoms with E-state index in [1.165, 1.54) is 13.1 Å². The van der Waals surface area contributed by atoms with Gasteiger partial charge in [-0.05, 0) is 91.0 Å². The van der Waals surface area contributed by atoms with E-state index in [-0.39, 0.29) is 17.6 Å². The second-order valence-electron chi connectivity index (χ2n) is 15.8. The van der Waals surface area contributed by atoms with Gasteiger partial charge in [-0.2, -0.15) is 0 Å². The number of ether oxygens (including phenoxy) is 3. The Hall–Kier alpha value is -5.15. The topological polar surface area (TPSA) is 161 Å². The second-order valence-corrected chi connectivity index (χ2v) is 15.8. The summed E-state index contributed by atoms with van der Waals surface area (Å²) in [6, 6.07) is 1.04. The maximum absolute atomic E-state index is 16.6. The molecule has 0 saturated carbocycles. The van der Waals surface area contributed by atoms with Crippen molar-refractivity contribution in [3.8, 4) is 0 Å². The lowest BCUT2D eigenvalue weighted by Crippen LogP contribution is -2.54. The molecule has 16 heteroatoms. The molecule has 13 nitrogen and oxygen atoms in total. The van der Waals surface area contributed by atoms with Crippen LogP contribution < -0.4 is 20.9 Å². The van der Waals surface area contributed by atoms with Crippen molar-refractivity contribution in [2.45, 2.75) is 110 Å². The molecule has 1 saturated heterocycles. The number of carbonyl (C=O) groups is 4. The maximum atomic E-state index is 16.6. The Morgan fingerprint density at radius 2 is 1.63 bits per heavy atom. The van der Waals surface area contributed by atoms with Gasteiger partial charge in [-0.1, -0.05) is 13.0 Å². The minimum atomic E-state index is -3.06. The summed E-state index contributed by atoms with van der Waals surface area (Å²) in [5.74, 6) is -6.60.